The Hall–Kier alpha value is -2.47. The summed E-state index contributed by atoms with van der Waals surface area (Å²) in [5.41, 5.74) is 2.01. The van der Waals surface area contributed by atoms with E-state index in [9.17, 15) is 9.59 Å². The quantitative estimate of drug-likeness (QED) is 0.700. The predicted molar refractivity (Wildman–Crippen MR) is 110 cm³/mol. The Balaban J connectivity index is 1.45. The lowest BCUT2D eigenvalue weighted by molar-refractivity contribution is -0.133. The molecule has 3 rings (SSSR count). The number of piperazine rings is 1. The molecule has 1 saturated heterocycles. The molecular weight excluding hydrogens is 352 g/mol. The number of amides is 1. The fourth-order valence-electron chi connectivity index (χ4n) is 3.48. The standard InChI is InChI=1S/C22H30N4O2/c1-2-3-9-20-16-21(27)26(18-23-20)17-22(28)25-14-12-24(13-15-25)11-10-19-7-5-4-6-8-19/h4-8,16,18H,2-3,9-15,17H2,1H3. The zero-order valence-electron chi connectivity index (χ0n) is 16.7. The molecule has 1 fully saturated rings. The predicted octanol–water partition coefficient (Wildman–Crippen LogP) is 1.97. The molecule has 1 aromatic heterocycles. The number of aryl methyl sites for hydroxylation is 1. The second-order valence-corrected chi connectivity index (χ2v) is 7.41. The number of hydrogen-bond donors (Lipinski definition) is 0. The molecule has 0 spiro atoms. The first-order valence-corrected chi connectivity index (χ1v) is 10.2. The maximum Gasteiger partial charge on any atom is 0.253 e. The van der Waals surface area contributed by atoms with Crippen molar-refractivity contribution in [1.82, 2.24) is 19.4 Å². The van der Waals surface area contributed by atoms with Gasteiger partial charge in [0.2, 0.25) is 5.91 Å². The van der Waals surface area contributed by atoms with E-state index in [4.69, 9.17) is 0 Å². The highest BCUT2D eigenvalue weighted by Gasteiger charge is 2.21. The van der Waals surface area contributed by atoms with Crippen LogP contribution in [0.4, 0.5) is 0 Å². The Morgan fingerprint density at radius 2 is 1.82 bits per heavy atom. The molecule has 0 saturated carbocycles. The van der Waals surface area contributed by atoms with Crippen molar-refractivity contribution in [2.45, 2.75) is 39.2 Å². The van der Waals surface area contributed by atoms with E-state index in [1.54, 1.807) is 6.07 Å². The van der Waals surface area contributed by atoms with Crippen molar-refractivity contribution in [1.29, 1.82) is 0 Å². The second-order valence-electron chi connectivity index (χ2n) is 7.41. The molecule has 0 atom stereocenters. The first-order chi connectivity index (χ1) is 13.7. The average molecular weight is 383 g/mol. The summed E-state index contributed by atoms with van der Waals surface area (Å²) in [7, 11) is 0. The van der Waals surface area contributed by atoms with Gasteiger partial charge >= 0.3 is 0 Å². The van der Waals surface area contributed by atoms with Crippen LogP contribution in [0.1, 0.15) is 31.0 Å². The third-order valence-corrected chi connectivity index (χ3v) is 5.31. The van der Waals surface area contributed by atoms with Gasteiger partial charge in [0.25, 0.3) is 5.56 Å². The Kier molecular flexibility index (Phi) is 7.37. The van der Waals surface area contributed by atoms with Gasteiger partial charge in [-0.3, -0.25) is 19.1 Å². The average Bonchev–Trinajstić information content (AvgIpc) is 2.73. The van der Waals surface area contributed by atoms with Crippen LogP contribution in [0.5, 0.6) is 0 Å². The number of aromatic nitrogens is 2. The van der Waals surface area contributed by atoms with Crippen LogP contribution in [0.15, 0.2) is 47.5 Å². The third kappa shape index (κ3) is 5.76. The number of unbranched alkanes of at least 4 members (excludes halogenated alkanes) is 1. The molecule has 0 aliphatic carbocycles. The lowest BCUT2D eigenvalue weighted by atomic mass is 10.1. The Labute approximate surface area is 166 Å². The first kappa shape index (κ1) is 20.3. The lowest BCUT2D eigenvalue weighted by Crippen LogP contribution is -2.50. The summed E-state index contributed by atoms with van der Waals surface area (Å²) in [6.07, 6.45) is 5.44. The van der Waals surface area contributed by atoms with Crippen molar-refractivity contribution in [3.05, 3.63) is 64.3 Å². The number of rotatable bonds is 8. The monoisotopic (exact) mass is 382 g/mol. The molecule has 150 valence electrons. The zero-order valence-corrected chi connectivity index (χ0v) is 16.7. The van der Waals surface area contributed by atoms with Crippen molar-refractivity contribution in [2.24, 2.45) is 0 Å². The maximum absolute atomic E-state index is 12.6. The van der Waals surface area contributed by atoms with Crippen molar-refractivity contribution < 1.29 is 4.79 Å². The van der Waals surface area contributed by atoms with Crippen LogP contribution >= 0.6 is 0 Å². The van der Waals surface area contributed by atoms with Gasteiger partial charge in [-0.05, 0) is 24.8 Å². The number of nitrogens with zero attached hydrogens (tertiary/aromatic N) is 4. The lowest BCUT2D eigenvalue weighted by Gasteiger charge is -2.34. The minimum absolute atomic E-state index is 0.00656. The van der Waals surface area contributed by atoms with Gasteiger partial charge in [0.05, 0.1) is 6.33 Å². The third-order valence-electron chi connectivity index (χ3n) is 5.31. The van der Waals surface area contributed by atoms with Gasteiger partial charge in [0.1, 0.15) is 6.54 Å². The van der Waals surface area contributed by atoms with Gasteiger partial charge in [0.15, 0.2) is 0 Å². The molecule has 1 amide bonds. The number of benzene rings is 1. The van der Waals surface area contributed by atoms with Crippen LogP contribution < -0.4 is 5.56 Å². The Morgan fingerprint density at radius 1 is 1.07 bits per heavy atom. The maximum atomic E-state index is 12.6. The van der Waals surface area contributed by atoms with Crippen LogP contribution in [0.2, 0.25) is 0 Å². The summed E-state index contributed by atoms with van der Waals surface area (Å²) in [6, 6.07) is 12.0. The van der Waals surface area contributed by atoms with Crippen LogP contribution in [0.25, 0.3) is 0 Å². The molecule has 0 bridgehead atoms. The molecule has 2 heterocycles. The molecule has 28 heavy (non-hydrogen) atoms. The van der Waals surface area contributed by atoms with Crippen molar-refractivity contribution in [2.75, 3.05) is 32.7 Å². The van der Waals surface area contributed by atoms with Crippen molar-refractivity contribution in [3.63, 3.8) is 0 Å². The molecule has 1 aliphatic heterocycles. The molecule has 0 N–H and O–H groups in total. The molecule has 2 aromatic rings. The zero-order chi connectivity index (χ0) is 19.8. The fourth-order valence-corrected chi connectivity index (χ4v) is 3.48. The van der Waals surface area contributed by atoms with E-state index >= 15 is 0 Å². The summed E-state index contributed by atoms with van der Waals surface area (Å²) in [5.74, 6) is -0.00656. The van der Waals surface area contributed by atoms with Crippen LogP contribution in [0.3, 0.4) is 0 Å². The van der Waals surface area contributed by atoms with E-state index in [1.807, 2.05) is 11.0 Å². The van der Waals surface area contributed by atoms with Gasteiger partial charge in [0, 0.05) is 44.5 Å². The van der Waals surface area contributed by atoms with Gasteiger partial charge in [-0.15, -0.1) is 0 Å². The summed E-state index contributed by atoms with van der Waals surface area (Å²) in [6.45, 7) is 6.37. The van der Waals surface area contributed by atoms with Gasteiger partial charge in [-0.1, -0.05) is 43.7 Å². The molecule has 6 heteroatoms. The minimum Gasteiger partial charge on any atom is -0.339 e. The minimum atomic E-state index is -0.143. The number of carbonyl (C=O) groups is 1. The van der Waals surface area contributed by atoms with Gasteiger partial charge in [-0.25, -0.2) is 4.98 Å². The van der Waals surface area contributed by atoms with E-state index in [0.717, 1.165) is 51.0 Å². The highest BCUT2D eigenvalue weighted by atomic mass is 16.2. The number of carbonyl (C=O) groups excluding carboxylic acids is 1. The van der Waals surface area contributed by atoms with Gasteiger partial charge in [-0.2, -0.15) is 0 Å². The molecule has 1 aromatic carbocycles. The van der Waals surface area contributed by atoms with Crippen LogP contribution in [0, 0.1) is 0 Å². The first-order valence-electron chi connectivity index (χ1n) is 10.2. The summed E-state index contributed by atoms with van der Waals surface area (Å²) < 4.78 is 1.42. The highest BCUT2D eigenvalue weighted by Crippen LogP contribution is 2.06. The molecular formula is C22H30N4O2. The number of hydrogen-bond acceptors (Lipinski definition) is 4. The summed E-state index contributed by atoms with van der Waals surface area (Å²) in [5, 5.41) is 0. The van der Waals surface area contributed by atoms with Crippen LogP contribution in [-0.2, 0) is 24.2 Å². The Morgan fingerprint density at radius 3 is 2.50 bits per heavy atom. The largest absolute Gasteiger partial charge is 0.339 e. The summed E-state index contributed by atoms with van der Waals surface area (Å²) >= 11 is 0. The van der Waals surface area contributed by atoms with Crippen LogP contribution in [-0.4, -0.2) is 58.0 Å². The SMILES string of the molecule is CCCCc1cc(=O)n(CC(=O)N2CCN(CCc3ccccc3)CC2)cn1. The molecule has 6 nitrogen and oxygen atoms in total. The molecule has 0 radical (unpaired) electrons. The fraction of sp³-hybridized carbons (Fsp3) is 0.500. The van der Waals surface area contributed by atoms with E-state index in [2.05, 4.69) is 41.1 Å². The highest BCUT2D eigenvalue weighted by molar-refractivity contribution is 5.76. The normalized spacial score (nSPS) is 15.0. The van der Waals surface area contributed by atoms with E-state index in [-0.39, 0.29) is 18.0 Å². The Bertz CT molecular complexity index is 811. The van der Waals surface area contributed by atoms with Crippen molar-refractivity contribution in [3.8, 4) is 0 Å². The van der Waals surface area contributed by atoms with E-state index in [1.165, 1.54) is 16.5 Å². The second kappa shape index (κ2) is 10.2. The van der Waals surface area contributed by atoms with Crippen molar-refractivity contribution >= 4 is 5.91 Å². The topological polar surface area (TPSA) is 58.4 Å². The smallest absolute Gasteiger partial charge is 0.253 e. The molecule has 1 aliphatic rings. The van der Waals surface area contributed by atoms with E-state index in [0.29, 0.717) is 13.1 Å². The van der Waals surface area contributed by atoms with E-state index < -0.39 is 0 Å². The molecule has 0 unspecified atom stereocenters. The van der Waals surface area contributed by atoms with Gasteiger partial charge < -0.3 is 4.90 Å². The summed E-state index contributed by atoms with van der Waals surface area (Å²) in [4.78, 5) is 33.4.